The largest absolute Gasteiger partial charge is 0.366 e. The van der Waals surface area contributed by atoms with Crippen molar-refractivity contribution in [1.29, 1.82) is 0 Å². The molecule has 0 fully saturated rings. The quantitative estimate of drug-likeness (QED) is 0.773. The van der Waals surface area contributed by atoms with E-state index in [0.29, 0.717) is 12.1 Å². The summed E-state index contributed by atoms with van der Waals surface area (Å²) in [5.74, 6) is -0.779. The minimum atomic E-state index is -0.471. The summed E-state index contributed by atoms with van der Waals surface area (Å²) < 4.78 is 15.3. The van der Waals surface area contributed by atoms with E-state index in [-0.39, 0.29) is 5.82 Å². The summed E-state index contributed by atoms with van der Waals surface area (Å²) >= 11 is 0. The van der Waals surface area contributed by atoms with E-state index in [1.807, 2.05) is 44.2 Å². The van der Waals surface area contributed by atoms with Gasteiger partial charge in [0.1, 0.15) is 5.82 Å². The predicted octanol–water partition coefficient (Wildman–Crippen LogP) is 4.06. The first kappa shape index (κ1) is 16.0. The van der Waals surface area contributed by atoms with Crippen LogP contribution >= 0.6 is 0 Å². The molecule has 1 amide bonds. The fourth-order valence-electron chi connectivity index (χ4n) is 3.16. The van der Waals surface area contributed by atoms with Crippen molar-refractivity contribution in [2.45, 2.75) is 20.4 Å². The van der Waals surface area contributed by atoms with E-state index in [2.05, 4.69) is 4.57 Å². The van der Waals surface area contributed by atoms with E-state index in [1.54, 1.807) is 12.1 Å². The Morgan fingerprint density at radius 3 is 2.21 bits per heavy atom. The van der Waals surface area contributed by atoms with Crippen LogP contribution in [0.2, 0.25) is 0 Å². The van der Waals surface area contributed by atoms with E-state index in [1.165, 1.54) is 12.1 Å². The number of carbonyl (C=O) groups is 1. The molecule has 0 radical (unpaired) electrons. The third-order valence-electron chi connectivity index (χ3n) is 4.35. The SMILES string of the molecule is Cc1c(C(N)=O)c(-c2ccc(F)cc2)c(C)n1Cc1ccccc1. The van der Waals surface area contributed by atoms with Gasteiger partial charge in [-0.15, -0.1) is 0 Å². The maximum absolute atomic E-state index is 13.2. The highest BCUT2D eigenvalue weighted by atomic mass is 19.1. The Bertz CT molecular complexity index is 880. The molecule has 3 aromatic rings. The number of amides is 1. The van der Waals surface area contributed by atoms with Crippen molar-refractivity contribution in [3.8, 4) is 11.1 Å². The second-order valence-electron chi connectivity index (χ2n) is 5.86. The molecule has 0 saturated carbocycles. The summed E-state index contributed by atoms with van der Waals surface area (Å²) in [6.07, 6.45) is 0. The first-order chi connectivity index (χ1) is 11.5. The molecule has 0 unspecified atom stereocenters. The number of carbonyl (C=O) groups excluding carboxylic acids is 1. The molecule has 0 aliphatic rings. The highest BCUT2D eigenvalue weighted by Crippen LogP contribution is 2.32. The van der Waals surface area contributed by atoms with Crippen molar-refractivity contribution in [1.82, 2.24) is 4.57 Å². The molecule has 0 aliphatic carbocycles. The van der Waals surface area contributed by atoms with Crippen molar-refractivity contribution < 1.29 is 9.18 Å². The number of hydrogen-bond acceptors (Lipinski definition) is 1. The lowest BCUT2D eigenvalue weighted by Gasteiger charge is -2.10. The first-order valence-electron chi connectivity index (χ1n) is 7.78. The Morgan fingerprint density at radius 1 is 1.00 bits per heavy atom. The molecular weight excluding hydrogens is 303 g/mol. The Hall–Kier alpha value is -2.88. The van der Waals surface area contributed by atoms with Crippen molar-refractivity contribution >= 4 is 5.91 Å². The zero-order chi connectivity index (χ0) is 17.3. The van der Waals surface area contributed by atoms with Gasteiger partial charge in [0.05, 0.1) is 5.56 Å². The van der Waals surface area contributed by atoms with Crippen LogP contribution in [-0.2, 0) is 6.54 Å². The lowest BCUT2D eigenvalue weighted by molar-refractivity contribution is 0.1000. The Morgan fingerprint density at radius 2 is 1.62 bits per heavy atom. The maximum atomic E-state index is 13.2. The lowest BCUT2D eigenvalue weighted by Crippen LogP contribution is -2.13. The standard InChI is InChI=1S/C20H19FN2O/c1-13-18(16-8-10-17(21)11-9-16)19(20(22)24)14(2)23(13)12-15-6-4-3-5-7-15/h3-11H,12H2,1-2H3,(H2,22,24). The van der Waals surface area contributed by atoms with Gasteiger partial charge in [0.15, 0.2) is 0 Å². The van der Waals surface area contributed by atoms with Crippen LogP contribution in [-0.4, -0.2) is 10.5 Å². The third-order valence-corrected chi connectivity index (χ3v) is 4.35. The summed E-state index contributed by atoms with van der Waals surface area (Å²) in [4.78, 5) is 12.0. The molecule has 1 aromatic heterocycles. The molecule has 24 heavy (non-hydrogen) atoms. The lowest BCUT2D eigenvalue weighted by atomic mass is 10.00. The number of aromatic nitrogens is 1. The zero-order valence-electron chi connectivity index (χ0n) is 13.7. The van der Waals surface area contributed by atoms with Gasteiger partial charge in [-0.25, -0.2) is 4.39 Å². The molecule has 4 heteroatoms. The molecular formula is C20H19FN2O. The van der Waals surface area contributed by atoms with Gasteiger partial charge in [0.25, 0.3) is 5.91 Å². The van der Waals surface area contributed by atoms with Crippen molar-refractivity contribution in [2.24, 2.45) is 5.73 Å². The number of rotatable bonds is 4. The second kappa shape index (κ2) is 6.32. The number of benzene rings is 2. The highest BCUT2D eigenvalue weighted by Gasteiger charge is 2.22. The molecule has 2 aromatic carbocycles. The van der Waals surface area contributed by atoms with Gasteiger partial charge in [0, 0.05) is 23.5 Å². The van der Waals surface area contributed by atoms with Crippen LogP contribution in [0.15, 0.2) is 54.6 Å². The summed E-state index contributed by atoms with van der Waals surface area (Å²) in [5.41, 5.74) is 10.6. The van der Waals surface area contributed by atoms with Crippen LogP contribution in [0.1, 0.15) is 27.3 Å². The van der Waals surface area contributed by atoms with E-state index in [0.717, 1.165) is 28.1 Å². The zero-order valence-corrected chi connectivity index (χ0v) is 13.7. The van der Waals surface area contributed by atoms with Gasteiger partial charge >= 0.3 is 0 Å². The predicted molar refractivity (Wildman–Crippen MR) is 93.4 cm³/mol. The maximum Gasteiger partial charge on any atom is 0.251 e. The van der Waals surface area contributed by atoms with Crippen molar-refractivity contribution in [2.75, 3.05) is 0 Å². The molecule has 0 spiro atoms. The van der Waals surface area contributed by atoms with Gasteiger partial charge in [0.2, 0.25) is 0 Å². The number of hydrogen-bond donors (Lipinski definition) is 1. The number of primary amides is 1. The van der Waals surface area contributed by atoms with Gasteiger partial charge in [-0.3, -0.25) is 4.79 Å². The smallest absolute Gasteiger partial charge is 0.251 e. The summed E-state index contributed by atoms with van der Waals surface area (Å²) in [7, 11) is 0. The Balaban J connectivity index is 2.16. The van der Waals surface area contributed by atoms with E-state index in [9.17, 15) is 9.18 Å². The molecule has 0 aliphatic heterocycles. The van der Waals surface area contributed by atoms with Gasteiger partial charge in [-0.05, 0) is 37.1 Å². The summed E-state index contributed by atoms with van der Waals surface area (Å²) in [5, 5.41) is 0. The Kier molecular flexibility index (Phi) is 4.21. The van der Waals surface area contributed by atoms with Crippen LogP contribution in [0, 0.1) is 19.7 Å². The van der Waals surface area contributed by atoms with Crippen LogP contribution in [0.5, 0.6) is 0 Å². The number of nitrogens with zero attached hydrogens (tertiary/aromatic N) is 1. The van der Waals surface area contributed by atoms with Gasteiger partial charge < -0.3 is 10.3 Å². The minimum Gasteiger partial charge on any atom is -0.366 e. The molecule has 122 valence electrons. The Labute approximate surface area is 140 Å². The molecule has 2 N–H and O–H groups in total. The topological polar surface area (TPSA) is 48.0 Å². The average Bonchev–Trinajstić information content (AvgIpc) is 2.81. The van der Waals surface area contributed by atoms with Crippen molar-refractivity contribution in [3.05, 3.63) is 82.9 Å². The molecule has 3 rings (SSSR count). The summed E-state index contributed by atoms with van der Waals surface area (Å²) in [6, 6.07) is 16.2. The van der Waals surface area contributed by atoms with E-state index >= 15 is 0 Å². The molecule has 1 heterocycles. The van der Waals surface area contributed by atoms with Crippen LogP contribution in [0.3, 0.4) is 0 Å². The third kappa shape index (κ3) is 2.83. The van der Waals surface area contributed by atoms with E-state index in [4.69, 9.17) is 5.73 Å². The monoisotopic (exact) mass is 322 g/mol. The molecule has 0 atom stereocenters. The molecule has 0 saturated heterocycles. The number of nitrogens with two attached hydrogens (primary N) is 1. The van der Waals surface area contributed by atoms with Gasteiger partial charge in [-0.1, -0.05) is 42.5 Å². The van der Waals surface area contributed by atoms with Crippen LogP contribution < -0.4 is 5.73 Å². The minimum absolute atomic E-state index is 0.308. The first-order valence-corrected chi connectivity index (χ1v) is 7.78. The van der Waals surface area contributed by atoms with Crippen LogP contribution in [0.4, 0.5) is 4.39 Å². The molecule has 0 bridgehead atoms. The fourth-order valence-corrected chi connectivity index (χ4v) is 3.16. The van der Waals surface area contributed by atoms with Crippen molar-refractivity contribution in [3.63, 3.8) is 0 Å². The van der Waals surface area contributed by atoms with E-state index < -0.39 is 5.91 Å². The fraction of sp³-hybridized carbons (Fsp3) is 0.150. The normalized spacial score (nSPS) is 10.8. The summed E-state index contributed by atoms with van der Waals surface area (Å²) in [6.45, 7) is 4.50. The highest BCUT2D eigenvalue weighted by molar-refractivity contribution is 6.02. The number of halogens is 1. The second-order valence-corrected chi connectivity index (χ2v) is 5.86. The average molecular weight is 322 g/mol. The molecule has 3 nitrogen and oxygen atoms in total. The van der Waals surface area contributed by atoms with Gasteiger partial charge in [-0.2, -0.15) is 0 Å². The van der Waals surface area contributed by atoms with Crippen LogP contribution in [0.25, 0.3) is 11.1 Å².